The van der Waals surface area contributed by atoms with E-state index < -0.39 is 5.97 Å². The molecule has 2 unspecified atom stereocenters. The van der Waals surface area contributed by atoms with E-state index in [1.807, 2.05) is 0 Å². The summed E-state index contributed by atoms with van der Waals surface area (Å²) in [5.74, 6) is -1.22. The summed E-state index contributed by atoms with van der Waals surface area (Å²) in [5, 5.41) is 11.8. The smallest absolute Gasteiger partial charge is 0.306 e. The number of amides is 1. The van der Waals surface area contributed by atoms with Gasteiger partial charge in [-0.2, -0.15) is 0 Å². The van der Waals surface area contributed by atoms with Crippen LogP contribution in [0.5, 0.6) is 0 Å². The fraction of sp³-hybridized carbons (Fsp3) is 0.846. The average molecular weight is 270 g/mol. The first-order chi connectivity index (χ1) is 9.16. The largest absolute Gasteiger partial charge is 0.481 e. The van der Waals surface area contributed by atoms with Crippen molar-refractivity contribution < 1.29 is 19.4 Å². The molecule has 1 aliphatic heterocycles. The van der Waals surface area contributed by atoms with Gasteiger partial charge in [-0.15, -0.1) is 0 Å². The van der Waals surface area contributed by atoms with Crippen LogP contribution in [0.1, 0.15) is 19.3 Å². The lowest BCUT2D eigenvalue weighted by Gasteiger charge is -2.26. The van der Waals surface area contributed by atoms with Crippen LogP contribution < -0.4 is 5.32 Å². The predicted octanol–water partition coefficient (Wildman–Crippen LogP) is -0.0643. The Labute approximate surface area is 113 Å². The van der Waals surface area contributed by atoms with Gasteiger partial charge in [0.05, 0.1) is 19.1 Å². The molecule has 2 atom stereocenters. The summed E-state index contributed by atoms with van der Waals surface area (Å²) in [4.78, 5) is 25.0. The fourth-order valence-corrected chi connectivity index (χ4v) is 2.75. The lowest BCUT2D eigenvalue weighted by Crippen LogP contribution is -2.42. The number of rotatable bonds is 5. The highest BCUT2D eigenvalue weighted by Crippen LogP contribution is 2.30. The number of nitrogens with one attached hydrogen (secondary N) is 1. The highest BCUT2D eigenvalue weighted by molar-refractivity contribution is 5.80. The van der Waals surface area contributed by atoms with Crippen LogP contribution in [-0.2, 0) is 14.3 Å². The molecule has 1 saturated heterocycles. The second-order valence-corrected chi connectivity index (χ2v) is 5.29. The fourth-order valence-electron chi connectivity index (χ4n) is 2.75. The Balaban J connectivity index is 1.63. The van der Waals surface area contributed by atoms with Crippen LogP contribution in [0.15, 0.2) is 0 Å². The summed E-state index contributed by atoms with van der Waals surface area (Å²) in [7, 11) is 0. The van der Waals surface area contributed by atoms with Crippen LogP contribution in [0.2, 0.25) is 0 Å². The van der Waals surface area contributed by atoms with Crippen molar-refractivity contribution in [2.45, 2.75) is 19.3 Å². The second kappa shape index (κ2) is 6.86. The quantitative estimate of drug-likeness (QED) is 0.731. The Bertz CT molecular complexity index is 329. The van der Waals surface area contributed by atoms with Gasteiger partial charge in [0.15, 0.2) is 0 Å². The van der Waals surface area contributed by atoms with E-state index in [0.717, 1.165) is 32.8 Å². The van der Waals surface area contributed by atoms with Crippen molar-refractivity contribution in [3.05, 3.63) is 0 Å². The van der Waals surface area contributed by atoms with E-state index in [0.29, 0.717) is 25.8 Å². The molecule has 0 aromatic rings. The molecule has 1 saturated carbocycles. The van der Waals surface area contributed by atoms with E-state index in [1.54, 1.807) is 0 Å². The molecule has 6 nitrogen and oxygen atoms in total. The molecule has 1 heterocycles. The number of hydrogen-bond donors (Lipinski definition) is 2. The van der Waals surface area contributed by atoms with Crippen molar-refractivity contribution in [2.24, 2.45) is 11.8 Å². The zero-order valence-corrected chi connectivity index (χ0v) is 11.1. The van der Waals surface area contributed by atoms with Crippen LogP contribution in [0.4, 0.5) is 0 Å². The van der Waals surface area contributed by atoms with E-state index in [4.69, 9.17) is 9.84 Å². The van der Waals surface area contributed by atoms with Crippen LogP contribution in [0.25, 0.3) is 0 Å². The minimum atomic E-state index is -0.774. The third-order valence-corrected chi connectivity index (χ3v) is 3.98. The number of nitrogens with zero attached hydrogens (tertiary/aromatic N) is 1. The van der Waals surface area contributed by atoms with Crippen molar-refractivity contribution in [2.75, 3.05) is 39.4 Å². The third-order valence-electron chi connectivity index (χ3n) is 3.98. The number of aliphatic carboxylic acids is 1. The Hall–Kier alpha value is -1.14. The molecule has 6 heteroatoms. The van der Waals surface area contributed by atoms with Crippen LogP contribution in [0.3, 0.4) is 0 Å². The lowest BCUT2D eigenvalue weighted by molar-refractivity contribution is -0.141. The summed E-state index contributed by atoms with van der Waals surface area (Å²) in [6.45, 7) is 4.83. The van der Waals surface area contributed by atoms with Gasteiger partial charge >= 0.3 is 5.97 Å². The number of carbonyl (C=O) groups excluding carboxylic acids is 1. The van der Waals surface area contributed by atoms with Crippen molar-refractivity contribution in [3.8, 4) is 0 Å². The molecule has 2 rings (SSSR count). The topological polar surface area (TPSA) is 78.9 Å². The zero-order valence-electron chi connectivity index (χ0n) is 11.1. The molecule has 2 fully saturated rings. The van der Waals surface area contributed by atoms with Gasteiger partial charge in [-0.3, -0.25) is 14.5 Å². The van der Waals surface area contributed by atoms with Gasteiger partial charge < -0.3 is 15.2 Å². The lowest BCUT2D eigenvalue weighted by atomic mass is 10.0. The first-order valence-electron chi connectivity index (χ1n) is 6.97. The van der Waals surface area contributed by atoms with E-state index in [1.165, 1.54) is 0 Å². The first kappa shape index (κ1) is 14.3. The van der Waals surface area contributed by atoms with Crippen molar-refractivity contribution in [1.29, 1.82) is 0 Å². The minimum absolute atomic E-state index is 0.0111. The van der Waals surface area contributed by atoms with Crippen LogP contribution in [-0.4, -0.2) is 61.3 Å². The summed E-state index contributed by atoms with van der Waals surface area (Å²) in [5.41, 5.74) is 0. The molecule has 0 radical (unpaired) electrons. The maximum atomic E-state index is 11.9. The van der Waals surface area contributed by atoms with E-state index in [2.05, 4.69) is 10.2 Å². The van der Waals surface area contributed by atoms with Gasteiger partial charge in [0, 0.05) is 32.1 Å². The molecule has 0 aromatic heterocycles. The van der Waals surface area contributed by atoms with E-state index in [-0.39, 0.29) is 17.7 Å². The molecular formula is C13H22N2O4. The van der Waals surface area contributed by atoms with E-state index in [9.17, 15) is 9.59 Å². The van der Waals surface area contributed by atoms with Gasteiger partial charge in [0.2, 0.25) is 5.91 Å². The zero-order chi connectivity index (χ0) is 13.7. The molecule has 19 heavy (non-hydrogen) atoms. The number of ether oxygens (including phenoxy) is 1. The van der Waals surface area contributed by atoms with Crippen LogP contribution >= 0.6 is 0 Å². The van der Waals surface area contributed by atoms with Gasteiger partial charge in [-0.1, -0.05) is 0 Å². The summed E-state index contributed by atoms with van der Waals surface area (Å²) < 4.78 is 5.26. The molecule has 0 aromatic carbocycles. The first-order valence-corrected chi connectivity index (χ1v) is 6.97. The maximum absolute atomic E-state index is 11.9. The average Bonchev–Trinajstić information content (AvgIpc) is 2.89. The molecule has 1 aliphatic carbocycles. The normalized spacial score (nSPS) is 28.2. The number of hydrogen-bond acceptors (Lipinski definition) is 4. The maximum Gasteiger partial charge on any atom is 0.306 e. The van der Waals surface area contributed by atoms with E-state index >= 15 is 0 Å². The van der Waals surface area contributed by atoms with Crippen molar-refractivity contribution in [1.82, 2.24) is 10.2 Å². The third kappa shape index (κ3) is 4.18. The highest BCUT2D eigenvalue weighted by Gasteiger charge is 2.33. The molecule has 1 amide bonds. The number of carbonyl (C=O) groups is 2. The number of carboxylic acid groups (broad SMARTS) is 1. The van der Waals surface area contributed by atoms with Crippen molar-refractivity contribution in [3.63, 3.8) is 0 Å². The number of morpholine rings is 1. The second-order valence-electron chi connectivity index (χ2n) is 5.29. The molecule has 0 spiro atoms. The molecular weight excluding hydrogens is 248 g/mol. The summed E-state index contributed by atoms with van der Waals surface area (Å²) in [6.07, 6.45) is 1.80. The highest BCUT2D eigenvalue weighted by atomic mass is 16.5. The Morgan fingerprint density at radius 1 is 1.21 bits per heavy atom. The summed E-state index contributed by atoms with van der Waals surface area (Å²) in [6, 6.07) is 0. The van der Waals surface area contributed by atoms with Gasteiger partial charge in [-0.05, 0) is 19.3 Å². The Morgan fingerprint density at radius 3 is 2.53 bits per heavy atom. The molecule has 108 valence electrons. The molecule has 2 aliphatic rings. The van der Waals surface area contributed by atoms with Crippen molar-refractivity contribution >= 4 is 11.9 Å². The van der Waals surface area contributed by atoms with Crippen LogP contribution in [0, 0.1) is 11.8 Å². The summed E-state index contributed by atoms with van der Waals surface area (Å²) >= 11 is 0. The molecule has 0 bridgehead atoms. The van der Waals surface area contributed by atoms with Gasteiger partial charge in [0.1, 0.15) is 0 Å². The SMILES string of the molecule is O=C(O)C1CCC(C(=O)NCCN2CCOCC2)C1. The van der Waals surface area contributed by atoms with Gasteiger partial charge in [0.25, 0.3) is 0 Å². The molecule has 2 N–H and O–H groups in total. The number of carboxylic acids is 1. The van der Waals surface area contributed by atoms with Gasteiger partial charge in [-0.25, -0.2) is 0 Å². The minimum Gasteiger partial charge on any atom is -0.481 e. The Morgan fingerprint density at radius 2 is 1.89 bits per heavy atom. The Kier molecular flexibility index (Phi) is 5.15. The monoisotopic (exact) mass is 270 g/mol. The standard InChI is InChI=1S/C13H22N2O4/c16-12(10-1-2-11(9-10)13(17)18)14-3-4-15-5-7-19-8-6-15/h10-11H,1-9H2,(H,14,16)(H,17,18). The predicted molar refractivity (Wildman–Crippen MR) is 68.7 cm³/mol.